The molecule has 232 valence electrons. The summed E-state index contributed by atoms with van der Waals surface area (Å²) in [6.45, 7) is 21.6. The second kappa shape index (κ2) is 16.2. The normalized spacial score (nSPS) is 16.8. The molecule has 0 aliphatic carbocycles. The van der Waals surface area contributed by atoms with E-state index in [9.17, 15) is 0 Å². The molecule has 1 heterocycles. The van der Waals surface area contributed by atoms with Gasteiger partial charge in [0, 0.05) is 78.5 Å². The molecule has 1 saturated heterocycles. The van der Waals surface area contributed by atoms with Crippen molar-refractivity contribution in [3.05, 3.63) is 142 Å². The molecule has 4 nitrogen and oxygen atoms in total. The van der Waals surface area contributed by atoms with Gasteiger partial charge in [-0.2, -0.15) is 0 Å². The van der Waals surface area contributed by atoms with Crippen LogP contribution in [0.2, 0.25) is 0 Å². The third-order valence-corrected chi connectivity index (χ3v) is 9.55. The first-order valence-electron chi connectivity index (χ1n) is 16.5. The minimum Gasteiger partial charge on any atom is -0.297 e. The quantitative estimate of drug-likeness (QED) is 0.215. The summed E-state index contributed by atoms with van der Waals surface area (Å²) in [5.74, 6) is 0. The minimum atomic E-state index is 1.00. The van der Waals surface area contributed by atoms with E-state index in [1.807, 2.05) is 0 Å². The van der Waals surface area contributed by atoms with Gasteiger partial charge in [0.2, 0.25) is 0 Å². The number of aryl methyl sites for hydroxylation is 4. The highest BCUT2D eigenvalue weighted by Gasteiger charge is 2.19. The molecule has 0 saturated carbocycles. The van der Waals surface area contributed by atoms with Crippen molar-refractivity contribution in [1.82, 2.24) is 19.6 Å². The minimum absolute atomic E-state index is 1.00. The number of hydrogen-bond donors (Lipinski definition) is 0. The summed E-state index contributed by atoms with van der Waals surface area (Å²) in [4.78, 5) is 10.8. The van der Waals surface area contributed by atoms with Crippen molar-refractivity contribution in [2.75, 3.05) is 52.4 Å². The number of nitrogens with zero attached hydrogens (tertiary/aromatic N) is 4. The molecule has 4 heteroatoms. The predicted molar refractivity (Wildman–Crippen MR) is 186 cm³/mol. The Morgan fingerprint density at radius 3 is 0.682 bits per heavy atom. The highest BCUT2D eigenvalue weighted by Crippen LogP contribution is 2.17. The molecular formula is C40H52N4. The van der Waals surface area contributed by atoms with Gasteiger partial charge in [0.25, 0.3) is 0 Å². The highest BCUT2D eigenvalue weighted by atomic mass is 15.3. The SMILES string of the molecule is Cc1ccccc1CN1CCN(Cc2ccccc2C)CCN(Cc2ccccc2C)CCN(Cc2ccccc2C)CC1. The van der Waals surface area contributed by atoms with Gasteiger partial charge in [0.05, 0.1) is 0 Å². The van der Waals surface area contributed by atoms with Crippen LogP contribution in [0.15, 0.2) is 97.1 Å². The number of benzene rings is 4. The van der Waals surface area contributed by atoms with Gasteiger partial charge < -0.3 is 0 Å². The van der Waals surface area contributed by atoms with E-state index in [2.05, 4.69) is 144 Å². The maximum Gasteiger partial charge on any atom is 0.0237 e. The van der Waals surface area contributed by atoms with Gasteiger partial charge in [0.1, 0.15) is 0 Å². The van der Waals surface area contributed by atoms with E-state index in [1.54, 1.807) is 0 Å². The molecule has 0 aromatic heterocycles. The first-order valence-corrected chi connectivity index (χ1v) is 16.5. The van der Waals surface area contributed by atoms with Crippen molar-refractivity contribution >= 4 is 0 Å². The van der Waals surface area contributed by atoms with Crippen LogP contribution in [0, 0.1) is 27.7 Å². The summed E-state index contributed by atoms with van der Waals surface area (Å²) in [5.41, 5.74) is 11.3. The summed E-state index contributed by atoms with van der Waals surface area (Å²) >= 11 is 0. The molecule has 1 aliphatic heterocycles. The van der Waals surface area contributed by atoms with E-state index >= 15 is 0 Å². The fourth-order valence-corrected chi connectivity index (χ4v) is 6.32. The van der Waals surface area contributed by atoms with Crippen LogP contribution in [0.3, 0.4) is 0 Å². The Kier molecular flexibility index (Phi) is 11.8. The average molecular weight is 589 g/mol. The molecule has 1 aliphatic rings. The lowest BCUT2D eigenvalue weighted by Gasteiger charge is -2.35. The molecule has 1 fully saturated rings. The van der Waals surface area contributed by atoms with Crippen molar-refractivity contribution in [1.29, 1.82) is 0 Å². The highest BCUT2D eigenvalue weighted by molar-refractivity contribution is 5.28. The molecule has 44 heavy (non-hydrogen) atoms. The molecule has 0 N–H and O–H groups in total. The Labute approximate surface area is 266 Å². The van der Waals surface area contributed by atoms with Crippen molar-refractivity contribution in [2.24, 2.45) is 0 Å². The van der Waals surface area contributed by atoms with Gasteiger partial charge in [-0.05, 0) is 72.2 Å². The molecule has 0 radical (unpaired) electrons. The molecular weight excluding hydrogens is 536 g/mol. The van der Waals surface area contributed by atoms with Gasteiger partial charge in [-0.25, -0.2) is 0 Å². The fourth-order valence-electron chi connectivity index (χ4n) is 6.32. The van der Waals surface area contributed by atoms with E-state index in [0.717, 1.165) is 78.5 Å². The molecule has 0 amide bonds. The van der Waals surface area contributed by atoms with E-state index in [1.165, 1.54) is 44.5 Å². The fraction of sp³-hybridized carbons (Fsp3) is 0.400. The number of rotatable bonds is 8. The first-order chi connectivity index (χ1) is 21.4. The van der Waals surface area contributed by atoms with Crippen LogP contribution in [-0.4, -0.2) is 72.0 Å². The van der Waals surface area contributed by atoms with E-state index in [4.69, 9.17) is 0 Å². The predicted octanol–water partition coefficient (Wildman–Crippen LogP) is 7.24. The van der Waals surface area contributed by atoms with Crippen molar-refractivity contribution in [3.63, 3.8) is 0 Å². The third-order valence-electron chi connectivity index (χ3n) is 9.55. The van der Waals surface area contributed by atoms with Gasteiger partial charge >= 0.3 is 0 Å². The Balaban J connectivity index is 1.39. The van der Waals surface area contributed by atoms with Crippen LogP contribution in [0.1, 0.15) is 44.5 Å². The first kappa shape index (κ1) is 32.1. The smallest absolute Gasteiger partial charge is 0.0237 e. The van der Waals surface area contributed by atoms with Gasteiger partial charge in [-0.3, -0.25) is 19.6 Å². The summed E-state index contributed by atoms with van der Waals surface area (Å²) in [6, 6.07) is 35.7. The van der Waals surface area contributed by atoms with Crippen molar-refractivity contribution < 1.29 is 0 Å². The topological polar surface area (TPSA) is 13.0 Å². The van der Waals surface area contributed by atoms with Gasteiger partial charge in [-0.1, -0.05) is 97.1 Å². The van der Waals surface area contributed by atoms with Crippen LogP contribution in [0.4, 0.5) is 0 Å². The Morgan fingerprint density at radius 1 is 0.318 bits per heavy atom. The Bertz CT molecular complexity index is 1230. The largest absolute Gasteiger partial charge is 0.297 e. The second-order valence-corrected chi connectivity index (χ2v) is 12.8. The maximum absolute atomic E-state index is 2.70. The summed E-state index contributed by atoms with van der Waals surface area (Å²) in [6.07, 6.45) is 0. The van der Waals surface area contributed by atoms with Crippen molar-refractivity contribution in [2.45, 2.75) is 53.9 Å². The lowest BCUT2D eigenvalue weighted by atomic mass is 10.1. The molecule has 0 bridgehead atoms. The van der Waals surface area contributed by atoms with Gasteiger partial charge in [-0.15, -0.1) is 0 Å². The number of hydrogen-bond acceptors (Lipinski definition) is 4. The van der Waals surface area contributed by atoms with Crippen LogP contribution in [0.5, 0.6) is 0 Å². The zero-order valence-corrected chi connectivity index (χ0v) is 27.5. The lowest BCUT2D eigenvalue weighted by molar-refractivity contribution is 0.121. The van der Waals surface area contributed by atoms with Crippen molar-refractivity contribution in [3.8, 4) is 0 Å². The molecule has 0 atom stereocenters. The average Bonchev–Trinajstić information content (AvgIpc) is 3.02. The Morgan fingerprint density at radius 2 is 0.500 bits per heavy atom. The van der Waals surface area contributed by atoms with E-state index < -0.39 is 0 Å². The van der Waals surface area contributed by atoms with Crippen LogP contribution >= 0.6 is 0 Å². The molecule has 5 rings (SSSR count). The van der Waals surface area contributed by atoms with Crippen LogP contribution in [-0.2, 0) is 26.2 Å². The Hall–Kier alpha value is -3.28. The molecule has 4 aromatic carbocycles. The molecule has 4 aromatic rings. The molecule has 0 spiro atoms. The zero-order chi connectivity index (χ0) is 30.7. The van der Waals surface area contributed by atoms with Crippen LogP contribution in [0.25, 0.3) is 0 Å². The monoisotopic (exact) mass is 588 g/mol. The lowest BCUT2D eigenvalue weighted by Crippen LogP contribution is -2.45. The van der Waals surface area contributed by atoms with E-state index in [-0.39, 0.29) is 0 Å². The summed E-state index contributed by atoms with van der Waals surface area (Å²) < 4.78 is 0. The van der Waals surface area contributed by atoms with Crippen LogP contribution < -0.4 is 0 Å². The standard InChI is InChI=1S/C40H52N4/c1-33-13-5-9-17-37(33)29-41-21-23-42(30-38-18-10-6-14-34(38)2)25-27-44(32-40-20-12-8-16-36(40)4)28-26-43(24-22-41)31-39-19-11-7-15-35(39)3/h5-20H,21-32H2,1-4H3. The molecule has 0 unspecified atom stereocenters. The maximum atomic E-state index is 2.70. The van der Waals surface area contributed by atoms with E-state index in [0.29, 0.717) is 0 Å². The summed E-state index contributed by atoms with van der Waals surface area (Å²) in [7, 11) is 0. The second-order valence-electron chi connectivity index (χ2n) is 12.8. The third kappa shape index (κ3) is 9.36. The zero-order valence-electron chi connectivity index (χ0n) is 27.5. The summed E-state index contributed by atoms with van der Waals surface area (Å²) in [5, 5.41) is 0. The van der Waals surface area contributed by atoms with Gasteiger partial charge in [0.15, 0.2) is 0 Å².